The van der Waals surface area contributed by atoms with Gasteiger partial charge in [-0.05, 0) is 58.7 Å². The molecule has 1 saturated heterocycles. The number of hydrogen-bond acceptors (Lipinski definition) is 5. The van der Waals surface area contributed by atoms with E-state index in [1.807, 2.05) is 20.8 Å². The van der Waals surface area contributed by atoms with Crippen LogP contribution in [0.3, 0.4) is 0 Å². The number of guanidine groups is 1. The first-order valence-corrected chi connectivity index (χ1v) is 11.9. The monoisotopic (exact) mass is 438 g/mol. The first-order valence-electron chi connectivity index (χ1n) is 10.1. The van der Waals surface area contributed by atoms with Crippen LogP contribution in [0.2, 0.25) is 0 Å². The van der Waals surface area contributed by atoms with Gasteiger partial charge in [0.2, 0.25) is 12.4 Å². The molecule has 0 amide bonds. The van der Waals surface area contributed by atoms with Crippen LogP contribution in [-0.4, -0.2) is 50.4 Å². The van der Waals surface area contributed by atoms with Crippen LogP contribution in [0.5, 0.6) is 0 Å². The summed E-state index contributed by atoms with van der Waals surface area (Å²) in [6.45, 7) is 8.25. The van der Waals surface area contributed by atoms with Gasteiger partial charge in [0.15, 0.2) is 0 Å². The van der Waals surface area contributed by atoms with E-state index in [1.165, 1.54) is 12.1 Å². The number of rotatable bonds is 3. The molecular formula is C21H31FN4O3S. The molecule has 0 saturated carbocycles. The summed E-state index contributed by atoms with van der Waals surface area (Å²) >= 11 is 0. The zero-order chi connectivity index (χ0) is 22.2. The highest BCUT2D eigenvalue weighted by Crippen LogP contribution is 2.37. The molecule has 0 spiro atoms. The van der Waals surface area contributed by atoms with Crippen molar-refractivity contribution in [3.05, 3.63) is 35.1 Å². The van der Waals surface area contributed by atoms with E-state index in [0.717, 1.165) is 12.8 Å². The van der Waals surface area contributed by atoms with Gasteiger partial charge in [0, 0.05) is 34.5 Å². The summed E-state index contributed by atoms with van der Waals surface area (Å²) in [5.41, 5.74) is -0.976. The molecule has 2 atom stereocenters. The molecule has 3 rings (SSSR count). The van der Waals surface area contributed by atoms with Crippen LogP contribution in [0.25, 0.3) is 0 Å². The second-order valence-electron chi connectivity index (χ2n) is 8.87. The summed E-state index contributed by atoms with van der Waals surface area (Å²) in [6.07, 6.45) is 5.79. The minimum absolute atomic E-state index is 0.104. The van der Waals surface area contributed by atoms with Crippen LogP contribution in [-0.2, 0) is 20.6 Å². The molecule has 30 heavy (non-hydrogen) atoms. The van der Waals surface area contributed by atoms with E-state index >= 15 is 0 Å². The summed E-state index contributed by atoms with van der Waals surface area (Å²) in [7, 11) is -3.15. The van der Waals surface area contributed by atoms with Crippen molar-refractivity contribution in [1.82, 2.24) is 14.3 Å². The van der Waals surface area contributed by atoms with Crippen molar-refractivity contribution in [3.8, 4) is 12.3 Å². The number of hydrogen-bond donors (Lipinski definition) is 4. The molecule has 1 aromatic carbocycles. The van der Waals surface area contributed by atoms with Gasteiger partial charge in [0.1, 0.15) is 11.4 Å². The van der Waals surface area contributed by atoms with Crippen LogP contribution in [0, 0.1) is 18.2 Å². The standard InChI is InChI=1S/C21H31FN4O3S/c1-6-15-9-10-17(22)16(13-15)21(5)14-30(28)23-11-7-8-12-26(30)18(25-21)24-19(27)29-20(2,3)4/h1,9-10,13,19,27,30H,7-8,11-12,14H2,2-5H3,(H,23,28)(H,24,25)/t19?,21-/m0/s1. The van der Waals surface area contributed by atoms with Gasteiger partial charge in [-0.15, -0.1) is 6.42 Å². The number of aliphatic hydroxyl groups excluding tert-OH is 1. The van der Waals surface area contributed by atoms with Crippen LogP contribution in [0.4, 0.5) is 4.39 Å². The van der Waals surface area contributed by atoms with E-state index in [9.17, 15) is 13.7 Å². The van der Waals surface area contributed by atoms with Gasteiger partial charge in [-0.25, -0.2) is 14.1 Å². The largest absolute Gasteiger partial charge is 0.351 e. The lowest BCUT2D eigenvalue weighted by Crippen LogP contribution is -2.62. The molecule has 1 aromatic rings. The first-order chi connectivity index (χ1) is 14.0. The molecule has 166 valence electrons. The van der Waals surface area contributed by atoms with Crippen molar-refractivity contribution in [2.75, 3.05) is 18.8 Å². The number of fused-ring (bicyclic) bond motifs is 1. The molecule has 9 heteroatoms. The highest BCUT2D eigenvalue weighted by Gasteiger charge is 2.44. The van der Waals surface area contributed by atoms with Gasteiger partial charge >= 0.3 is 0 Å². The number of ether oxygens (including phenoxy) is 1. The summed E-state index contributed by atoms with van der Waals surface area (Å²) in [6, 6.07) is 4.39. The molecule has 0 bridgehead atoms. The number of terminal acetylenes is 1. The molecule has 2 aliphatic heterocycles. The number of nitrogens with zero attached hydrogens (tertiary/aromatic N) is 2. The van der Waals surface area contributed by atoms with E-state index in [1.54, 1.807) is 17.3 Å². The molecule has 7 nitrogen and oxygen atoms in total. The van der Waals surface area contributed by atoms with Gasteiger partial charge in [0.05, 0.1) is 11.4 Å². The Morgan fingerprint density at radius 3 is 2.87 bits per heavy atom. The minimum atomic E-state index is -3.15. The van der Waals surface area contributed by atoms with Crippen molar-refractivity contribution in [3.63, 3.8) is 0 Å². The maximum absolute atomic E-state index is 14.8. The third-order valence-corrected chi connectivity index (χ3v) is 8.03. The molecule has 2 aliphatic rings. The van der Waals surface area contributed by atoms with Gasteiger partial charge in [-0.1, -0.05) is 5.92 Å². The lowest BCUT2D eigenvalue weighted by molar-refractivity contribution is -0.173. The van der Waals surface area contributed by atoms with E-state index < -0.39 is 33.7 Å². The van der Waals surface area contributed by atoms with Crippen LogP contribution < -0.4 is 10.0 Å². The summed E-state index contributed by atoms with van der Waals surface area (Å²) < 4.78 is 39.2. The third kappa shape index (κ3) is 4.83. The second-order valence-corrected chi connectivity index (χ2v) is 11.4. The molecule has 0 aromatic heterocycles. The fourth-order valence-electron chi connectivity index (χ4n) is 3.79. The van der Waals surface area contributed by atoms with Crippen molar-refractivity contribution in [1.29, 1.82) is 0 Å². The Morgan fingerprint density at radius 1 is 1.47 bits per heavy atom. The molecule has 3 N–H and O–H groups in total. The molecule has 0 radical (unpaired) electrons. The Hall–Kier alpha value is -1.99. The van der Waals surface area contributed by atoms with Gasteiger partial charge < -0.3 is 15.2 Å². The first kappa shape index (κ1) is 22.7. The maximum Gasteiger partial charge on any atom is 0.238 e. The second kappa shape index (κ2) is 8.27. The van der Waals surface area contributed by atoms with E-state index in [0.29, 0.717) is 18.7 Å². The molecule has 1 fully saturated rings. The highest BCUT2D eigenvalue weighted by molar-refractivity contribution is 7.99. The van der Waals surface area contributed by atoms with Crippen molar-refractivity contribution >= 4 is 16.3 Å². The average Bonchev–Trinajstić information content (AvgIpc) is 2.81. The number of aliphatic hydroxyl groups is 1. The maximum atomic E-state index is 14.8. The Labute approximate surface area is 178 Å². The van der Waals surface area contributed by atoms with Crippen LogP contribution in [0.1, 0.15) is 51.7 Å². The van der Waals surface area contributed by atoms with E-state index in [4.69, 9.17) is 16.2 Å². The van der Waals surface area contributed by atoms with E-state index in [2.05, 4.69) is 16.0 Å². The van der Waals surface area contributed by atoms with Gasteiger partial charge in [-0.2, -0.15) is 0 Å². The lowest BCUT2D eigenvalue weighted by atomic mass is 9.92. The van der Waals surface area contributed by atoms with Gasteiger partial charge in [-0.3, -0.25) is 8.51 Å². The SMILES string of the molecule is C#Cc1ccc(F)c([C@]2(C)C[SH]3(=O)NCCCCN3C(NC(O)OC(C)(C)C)=N2)c1. The number of halogens is 1. The lowest BCUT2D eigenvalue weighted by Gasteiger charge is -2.47. The quantitative estimate of drug-likeness (QED) is 0.328. The zero-order valence-corrected chi connectivity index (χ0v) is 18.8. The Balaban J connectivity index is 2.07. The number of benzene rings is 1. The summed E-state index contributed by atoms with van der Waals surface area (Å²) in [5.74, 6) is 2.35. The third-order valence-electron chi connectivity index (χ3n) is 5.10. The summed E-state index contributed by atoms with van der Waals surface area (Å²) in [4.78, 5) is 4.73. The topological polar surface area (TPSA) is 86.2 Å². The van der Waals surface area contributed by atoms with Crippen molar-refractivity contribution in [2.24, 2.45) is 4.99 Å². The predicted molar refractivity (Wildman–Crippen MR) is 117 cm³/mol. The number of thiol groups is 1. The number of nitrogens with one attached hydrogen (secondary N) is 2. The predicted octanol–water partition coefficient (Wildman–Crippen LogP) is 1.60. The number of aliphatic imine (C=N–C) groups is 1. The summed E-state index contributed by atoms with van der Waals surface area (Å²) in [5, 5.41) is 13.2. The van der Waals surface area contributed by atoms with Gasteiger partial charge in [0.25, 0.3) is 0 Å². The normalized spacial score (nSPS) is 25.9. The molecule has 2 heterocycles. The smallest absolute Gasteiger partial charge is 0.238 e. The van der Waals surface area contributed by atoms with E-state index in [-0.39, 0.29) is 17.3 Å². The van der Waals surface area contributed by atoms with Crippen molar-refractivity contribution < 1.29 is 18.4 Å². The van der Waals surface area contributed by atoms with Crippen LogP contribution >= 0.6 is 0 Å². The highest BCUT2D eigenvalue weighted by atomic mass is 32.3. The van der Waals surface area contributed by atoms with Crippen molar-refractivity contribution in [2.45, 2.75) is 58.1 Å². The molecule has 1 unspecified atom stereocenters. The Bertz CT molecular complexity index is 924. The minimum Gasteiger partial charge on any atom is -0.351 e. The van der Waals surface area contributed by atoms with Crippen LogP contribution in [0.15, 0.2) is 23.2 Å². The Morgan fingerprint density at radius 2 is 2.20 bits per heavy atom. The average molecular weight is 439 g/mol. The zero-order valence-electron chi connectivity index (χ0n) is 17.9. The Kier molecular flexibility index (Phi) is 6.25. The fraction of sp³-hybridized carbons (Fsp3) is 0.571. The molecule has 0 aliphatic carbocycles. The fourth-order valence-corrected chi connectivity index (χ4v) is 6.70. The molecular weight excluding hydrogens is 407 g/mol.